The van der Waals surface area contributed by atoms with Gasteiger partial charge in [0.25, 0.3) is 0 Å². The Morgan fingerprint density at radius 1 is 1.03 bits per heavy atom. The number of aromatic nitrogens is 2. The molecule has 3 aromatic rings. The normalized spacial score (nSPS) is 20.7. The van der Waals surface area contributed by atoms with Crippen LogP contribution in [-0.2, 0) is 10.0 Å². The molecule has 10 heteroatoms. The third-order valence-corrected chi connectivity index (χ3v) is 9.48. The summed E-state index contributed by atoms with van der Waals surface area (Å²) in [6, 6.07) is 14.5. The molecule has 1 aromatic heterocycles. The summed E-state index contributed by atoms with van der Waals surface area (Å²) in [4.78, 5) is 14.8. The average molecular weight is 526 g/mol. The van der Waals surface area contributed by atoms with Gasteiger partial charge in [0.05, 0.1) is 23.6 Å². The number of methoxy groups -OCH3 is 1. The first-order chi connectivity index (χ1) is 17.9. The topological polar surface area (TPSA) is 99.1 Å². The monoisotopic (exact) mass is 525 g/mol. The predicted molar refractivity (Wildman–Crippen MR) is 143 cm³/mol. The smallest absolute Gasteiger partial charge is 0.243 e. The Morgan fingerprint density at radius 3 is 2.46 bits per heavy atom. The van der Waals surface area contributed by atoms with Gasteiger partial charge in [-0.15, -0.1) is 0 Å². The minimum Gasteiger partial charge on any atom is -0.497 e. The van der Waals surface area contributed by atoms with Crippen molar-refractivity contribution in [1.29, 1.82) is 0 Å². The highest BCUT2D eigenvalue weighted by atomic mass is 32.2. The second kappa shape index (κ2) is 10.9. The first-order valence-corrected chi connectivity index (χ1v) is 14.4. The number of para-hydroxylation sites is 1. The van der Waals surface area contributed by atoms with E-state index in [1.165, 1.54) is 0 Å². The molecule has 2 aromatic carbocycles. The molecule has 2 unspecified atom stereocenters. The van der Waals surface area contributed by atoms with Crippen LogP contribution in [0.25, 0.3) is 10.9 Å². The molecule has 2 saturated heterocycles. The van der Waals surface area contributed by atoms with Gasteiger partial charge in [0, 0.05) is 51.3 Å². The van der Waals surface area contributed by atoms with Crippen molar-refractivity contribution in [2.45, 2.75) is 30.7 Å². The number of hydrogen-bond acceptors (Lipinski definition) is 8. The first-order valence-electron chi connectivity index (χ1n) is 12.9. The van der Waals surface area contributed by atoms with Crippen LogP contribution in [0, 0.1) is 5.92 Å². The van der Waals surface area contributed by atoms with Crippen molar-refractivity contribution >= 4 is 26.7 Å². The molecule has 0 radical (unpaired) electrons. The molecular formula is C27H35N5O4S. The van der Waals surface area contributed by atoms with Gasteiger partial charge in [-0.25, -0.2) is 18.4 Å². The largest absolute Gasteiger partial charge is 0.497 e. The van der Waals surface area contributed by atoms with E-state index in [9.17, 15) is 13.5 Å². The van der Waals surface area contributed by atoms with Crippen LogP contribution in [0.5, 0.6) is 5.75 Å². The maximum atomic E-state index is 13.2. The van der Waals surface area contributed by atoms with Crippen LogP contribution < -0.4 is 9.64 Å². The van der Waals surface area contributed by atoms with Crippen LogP contribution in [-0.4, -0.2) is 85.7 Å². The van der Waals surface area contributed by atoms with E-state index in [-0.39, 0.29) is 23.5 Å². The highest BCUT2D eigenvalue weighted by Crippen LogP contribution is 2.31. The molecule has 2 aliphatic rings. The van der Waals surface area contributed by atoms with Crippen molar-refractivity contribution in [2.75, 3.05) is 57.9 Å². The van der Waals surface area contributed by atoms with Crippen LogP contribution in [0.15, 0.2) is 53.4 Å². The van der Waals surface area contributed by atoms with E-state index < -0.39 is 10.0 Å². The van der Waals surface area contributed by atoms with Gasteiger partial charge in [0.2, 0.25) is 10.0 Å². The lowest BCUT2D eigenvalue weighted by Crippen LogP contribution is -2.49. The number of hydrogen-bond donors (Lipinski definition) is 1. The van der Waals surface area contributed by atoms with Crippen molar-refractivity contribution in [2.24, 2.45) is 5.92 Å². The van der Waals surface area contributed by atoms with Crippen molar-refractivity contribution in [3.05, 3.63) is 54.4 Å². The maximum absolute atomic E-state index is 13.2. The lowest BCUT2D eigenvalue weighted by atomic mass is 9.99. The molecule has 9 nitrogen and oxygen atoms in total. The number of nitrogens with zero attached hydrogens (tertiary/aromatic N) is 5. The van der Waals surface area contributed by atoms with Gasteiger partial charge in [0.15, 0.2) is 0 Å². The lowest BCUT2D eigenvalue weighted by Gasteiger charge is -2.37. The molecule has 37 heavy (non-hydrogen) atoms. The molecule has 0 spiro atoms. The van der Waals surface area contributed by atoms with E-state index >= 15 is 0 Å². The molecule has 2 aliphatic heterocycles. The van der Waals surface area contributed by atoms with E-state index in [1.54, 1.807) is 35.7 Å². The second-order valence-corrected chi connectivity index (χ2v) is 11.8. The summed E-state index contributed by atoms with van der Waals surface area (Å²) in [7, 11) is -2.01. The van der Waals surface area contributed by atoms with Crippen molar-refractivity contribution in [3.8, 4) is 5.75 Å². The number of piperidine rings is 1. The Morgan fingerprint density at radius 2 is 1.76 bits per heavy atom. The molecule has 1 N–H and O–H groups in total. The summed E-state index contributed by atoms with van der Waals surface area (Å²) in [5, 5.41) is 10.8. The predicted octanol–water partition coefficient (Wildman–Crippen LogP) is 2.91. The number of rotatable bonds is 7. The highest BCUT2D eigenvalue weighted by molar-refractivity contribution is 7.89. The van der Waals surface area contributed by atoms with E-state index in [2.05, 4.69) is 22.8 Å². The Bertz CT molecular complexity index is 1330. The Hall–Kier alpha value is -2.79. The number of fused-ring (bicyclic) bond motifs is 1. The number of piperazine rings is 1. The number of aliphatic hydroxyl groups is 1. The first kappa shape index (κ1) is 25.8. The molecule has 3 heterocycles. The van der Waals surface area contributed by atoms with Crippen LogP contribution in [0.4, 0.5) is 5.82 Å². The van der Waals surface area contributed by atoms with Gasteiger partial charge in [-0.2, -0.15) is 4.31 Å². The second-order valence-electron chi connectivity index (χ2n) is 9.85. The summed E-state index contributed by atoms with van der Waals surface area (Å²) in [5.41, 5.74) is 0.904. The fourth-order valence-electron chi connectivity index (χ4n) is 5.30. The van der Waals surface area contributed by atoms with E-state index in [0.29, 0.717) is 31.9 Å². The number of benzene rings is 2. The van der Waals surface area contributed by atoms with Crippen molar-refractivity contribution < 1.29 is 18.3 Å². The zero-order valence-electron chi connectivity index (χ0n) is 21.5. The summed E-state index contributed by atoms with van der Waals surface area (Å²) in [6.07, 6.45) is 2.06. The third kappa shape index (κ3) is 5.29. The maximum Gasteiger partial charge on any atom is 0.243 e. The van der Waals surface area contributed by atoms with Gasteiger partial charge < -0.3 is 14.7 Å². The molecule has 5 rings (SSSR count). The minimum atomic E-state index is -3.57. The molecule has 198 valence electrons. The lowest BCUT2D eigenvalue weighted by molar-refractivity contribution is 0.141. The summed E-state index contributed by atoms with van der Waals surface area (Å²) >= 11 is 0. The van der Waals surface area contributed by atoms with E-state index in [0.717, 1.165) is 48.5 Å². The molecule has 0 bridgehead atoms. The van der Waals surface area contributed by atoms with Gasteiger partial charge in [-0.1, -0.05) is 12.1 Å². The Kier molecular flexibility index (Phi) is 7.62. The van der Waals surface area contributed by atoms with Crippen LogP contribution in [0.1, 0.15) is 31.6 Å². The van der Waals surface area contributed by atoms with Gasteiger partial charge in [0.1, 0.15) is 17.4 Å². The summed E-state index contributed by atoms with van der Waals surface area (Å²) in [5.74, 6) is 2.55. The van der Waals surface area contributed by atoms with Crippen LogP contribution in [0.2, 0.25) is 0 Å². The molecule has 0 saturated carbocycles. The van der Waals surface area contributed by atoms with Crippen LogP contribution >= 0.6 is 0 Å². The van der Waals surface area contributed by atoms with Crippen molar-refractivity contribution in [1.82, 2.24) is 19.2 Å². The van der Waals surface area contributed by atoms with Gasteiger partial charge >= 0.3 is 0 Å². The highest BCUT2D eigenvalue weighted by Gasteiger charge is 2.32. The zero-order valence-corrected chi connectivity index (χ0v) is 22.3. The van der Waals surface area contributed by atoms with Crippen molar-refractivity contribution in [3.63, 3.8) is 0 Å². The fraction of sp³-hybridized carbons (Fsp3) is 0.481. The number of sulfonamides is 1. The average Bonchev–Trinajstić information content (AvgIpc) is 2.96. The molecule has 2 fully saturated rings. The molecule has 0 aliphatic carbocycles. The Labute approximate surface area is 218 Å². The van der Waals surface area contributed by atoms with E-state index in [1.807, 2.05) is 18.2 Å². The molecule has 0 amide bonds. The zero-order chi connectivity index (χ0) is 26.0. The third-order valence-electron chi connectivity index (χ3n) is 7.57. The molecular weight excluding hydrogens is 490 g/mol. The minimum absolute atomic E-state index is 0.0624. The van der Waals surface area contributed by atoms with Gasteiger partial charge in [-0.3, -0.25) is 4.90 Å². The summed E-state index contributed by atoms with van der Waals surface area (Å²) < 4.78 is 33.0. The SMILES string of the molecule is COc1ccc(S(=O)(=O)N2CCN(C(C)c3nc(N4CCCC(CO)C4)c4ccccc4n3)CC2)cc1. The van der Waals surface area contributed by atoms with Crippen LogP contribution in [0.3, 0.4) is 0 Å². The quantitative estimate of drug-likeness (QED) is 0.503. The summed E-state index contributed by atoms with van der Waals surface area (Å²) in [6.45, 7) is 5.98. The number of aliphatic hydroxyl groups excluding tert-OH is 1. The number of ether oxygens (including phenoxy) is 1. The van der Waals surface area contributed by atoms with E-state index in [4.69, 9.17) is 14.7 Å². The van der Waals surface area contributed by atoms with Gasteiger partial charge in [-0.05, 0) is 62.1 Å². The Balaban J connectivity index is 1.34. The number of anilines is 1. The fourth-order valence-corrected chi connectivity index (χ4v) is 6.73. The molecule has 2 atom stereocenters. The standard InChI is InChI=1S/C27H35N5O4S/c1-20(30-14-16-32(17-15-30)37(34,35)23-11-9-22(36-2)10-12-23)26-28-25-8-4-3-7-24(25)27(29-26)31-13-5-6-21(18-31)19-33/h3-4,7-12,20-21,33H,5-6,13-19H2,1-2H3.